The van der Waals surface area contributed by atoms with E-state index < -0.39 is 60.3 Å². The molecule has 2 atom stereocenters. The van der Waals surface area contributed by atoms with Crippen molar-refractivity contribution < 1.29 is 76.5 Å². The van der Waals surface area contributed by atoms with E-state index in [4.69, 9.17) is 4.74 Å². The molecule has 0 unspecified atom stereocenters. The number of alkyl halides is 12. The Bertz CT molecular complexity index is 1480. The molecule has 48 heavy (non-hydrogen) atoms. The van der Waals surface area contributed by atoms with Gasteiger partial charge in [0.25, 0.3) is 12.3 Å². The van der Waals surface area contributed by atoms with Crippen LogP contribution in [0.25, 0.3) is 12.2 Å². The van der Waals surface area contributed by atoms with Crippen molar-refractivity contribution in [1.29, 1.82) is 0 Å². The first-order valence-electron chi connectivity index (χ1n) is 12.9. The second-order valence-electron chi connectivity index (χ2n) is 9.38. The summed E-state index contributed by atoms with van der Waals surface area (Å²) in [7, 11) is 0. The zero-order valence-electron chi connectivity index (χ0n) is 23.5. The number of rotatable bonds is 12. The minimum atomic E-state index is -5.85. The van der Waals surface area contributed by atoms with E-state index in [1.807, 2.05) is 0 Å². The molecule has 6 nitrogen and oxygen atoms in total. The predicted molar refractivity (Wildman–Crippen MR) is 145 cm³/mol. The van der Waals surface area contributed by atoms with Gasteiger partial charge < -0.3 is 19.5 Å². The maximum Gasteiger partial charge on any atom is 0.439 e. The van der Waals surface area contributed by atoms with Crippen molar-refractivity contribution in [2.75, 3.05) is 5.32 Å². The molecule has 0 bridgehead atoms. The van der Waals surface area contributed by atoms with Crippen molar-refractivity contribution >= 4 is 29.7 Å². The van der Waals surface area contributed by atoms with Gasteiger partial charge >= 0.3 is 30.5 Å². The number of anilines is 1. The second kappa shape index (κ2) is 14.7. The highest BCUT2D eigenvalue weighted by Crippen LogP contribution is 2.38. The van der Waals surface area contributed by atoms with E-state index in [1.54, 1.807) is 0 Å². The summed E-state index contributed by atoms with van der Waals surface area (Å²) in [6.45, 7) is 0. The summed E-state index contributed by atoms with van der Waals surface area (Å²) in [6, 6.07) is 13.0. The Hall–Kier alpha value is -5.16. The second-order valence-corrected chi connectivity index (χ2v) is 9.38. The predicted octanol–water partition coefficient (Wildman–Crippen LogP) is 8.70. The smallest absolute Gasteiger partial charge is 0.430 e. The van der Waals surface area contributed by atoms with Gasteiger partial charge in [0.1, 0.15) is 17.2 Å². The molecule has 0 aliphatic rings. The van der Waals surface area contributed by atoms with Gasteiger partial charge in [-0.25, -0.2) is 13.6 Å². The summed E-state index contributed by atoms with van der Waals surface area (Å²) in [5, 5.41) is 2.45. The molecule has 0 spiro atoms. The first-order valence-corrected chi connectivity index (χ1v) is 12.9. The molecule has 258 valence electrons. The van der Waals surface area contributed by atoms with Crippen molar-refractivity contribution in [3.05, 3.63) is 96.1 Å². The third-order valence-corrected chi connectivity index (χ3v) is 5.61. The van der Waals surface area contributed by atoms with Crippen molar-refractivity contribution in [3.63, 3.8) is 0 Å². The number of carbonyl (C=O) groups excluding carboxylic acids is 2. The topological polar surface area (TPSA) is 73.9 Å². The van der Waals surface area contributed by atoms with Crippen LogP contribution in [0, 0.1) is 0 Å². The molecule has 3 aromatic carbocycles. The van der Waals surface area contributed by atoms with Crippen molar-refractivity contribution in [1.82, 2.24) is 0 Å². The first-order chi connectivity index (χ1) is 22.2. The fourth-order valence-corrected chi connectivity index (χ4v) is 3.37. The van der Waals surface area contributed by atoms with E-state index >= 15 is 0 Å². The Morgan fingerprint density at radius 3 is 1.33 bits per heavy atom. The van der Waals surface area contributed by atoms with Gasteiger partial charge in [0.2, 0.25) is 5.91 Å². The number of halogens is 12. The molecule has 18 heteroatoms. The molecule has 0 saturated carbocycles. The van der Waals surface area contributed by atoms with Crippen molar-refractivity contribution in [2.45, 2.75) is 36.9 Å². The zero-order chi connectivity index (χ0) is 35.9. The van der Waals surface area contributed by atoms with Crippen LogP contribution in [-0.4, -0.2) is 48.8 Å². The van der Waals surface area contributed by atoms with Crippen LogP contribution in [0.3, 0.4) is 0 Å². The fourth-order valence-electron chi connectivity index (χ4n) is 3.37. The van der Waals surface area contributed by atoms with Crippen LogP contribution >= 0.6 is 0 Å². The Balaban J connectivity index is 1.48. The van der Waals surface area contributed by atoms with Crippen molar-refractivity contribution in [3.8, 4) is 17.2 Å². The molecular weight excluding hydrogens is 682 g/mol. The maximum atomic E-state index is 13.4. The standard InChI is InChI=1S/C30H19F12NO5/c31-25(27(33,34)35)29(39,40)47-21-9-1-17(2-10-21)5-15-23(44)43-19-7-13-20(14-8-19)46-24(45)16-6-18-3-11-22(12-4-18)48-30(41,42)26(32)28(36,37)38/h1-16,25-26H,(H,43,44)/b15-5+,16-6+/t25-,26+/m1/s1. The molecule has 3 rings (SSSR count). The Labute approximate surface area is 262 Å². The molecule has 0 heterocycles. The van der Waals surface area contributed by atoms with Gasteiger partial charge in [-0.3, -0.25) is 4.79 Å². The average Bonchev–Trinajstić information content (AvgIpc) is 2.99. The van der Waals surface area contributed by atoms with Crippen LogP contribution in [-0.2, 0) is 9.59 Å². The largest absolute Gasteiger partial charge is 0.439 e. The molecule has 0 aliphatic carbocycles. The molecule has 0 fully saturated rings. The van der Waals surface area contributed by atoms with Gasteiger partial charge in [0.15, 0.2) is 0 Å². The Morgan fingerprint density at radius 1 is 0.562 bits per heavy atom. The highest BCUT2D eigenvalue weighted by atomic mass is 19.4. The number of nitrogens with one attached hydrogen (secondary N) is 1. The fraction of sp³-hybridized carbons (Fsp3) is 0.200. The van der Waals surface area contributed by atoms with E-state index in [0.29, 0.717) is 0 Å². The maximum absolute atomic E-state index is 13.4. The summed E-state index contributed by atoms with van der Waals surface area (Å²) in [5.74, 6) is -3.09. The highest BCUT2D eigenvalue weighted by molar-refractivity contribution is 6.02. The molecule has 0 saturated heterocycles. The van der Waals surface area contributed by atoms with E-state index in [1.165, 1.54) is 36.4 Å². The average molecular weight is 701 g/mol. The zero-order valence-corrected chi connectivity index (χ0v) is 23.5. The molecule has 0 radical (unpaired) electrons. The number of amides is 1. The molecular formula is C30H19F12NO5. The van der Waals surface area contributed by atoms with E-state index in [-0.39, 0.29) is 22.6 Å². The molecule has 3 aromatic rings. The molecule has 0 aliphatic heterocycles. The Kier molecular flexibility index (Phi) is 11.4. The van der Waals surface area contributed by atoms with E-state index in [0.717, 1.165) is 60.7 Å². The summed E-state index contributed by atoms with van der Waals surface area (Å²) in [6.07, 6.45) is -26.8. The molecule has 1 amide bonds. The third-order valence-electron chi connectivity index (χ3n) is 5.61. The van der Waals surface area contributed by atoms with Crippen molar-refractivity contribution in [2.24, 2.45) is 0 Å². The van der Waals surface area contributed by atoms with Gasteiger partial charge in [-0.05, 0) is 71.8 Å². The molecule has 1 N–H and O–H groups in total. The van der Waals surface area contributed by atoms with Crippen LogP contribution < -0.4 is 19.5 Å². The molecule has 0 aromatic heterocycles. The van der Waals surface area contributed by atoms with Crippen LogP contribution in [0.15, 0.2) is 84.9 Å². The normalized spacial score (nSPS) is 14.1. The minimum Gasteiger partial charge on any atom is -0.430 e. The number of benzene rings is 3. The van der Waals surface area contributed by atoms with Gasteiger partial charge in [-0.15, -0.1) is 0 Å². The number of hydrogen-bond donors (Lipinski definition) is 1. The minimum absolute atomic E-state index is 0.0248. The summed E-state index contributed by atoms with van der Waals surface area (Å²) >= 11 is 0. The quantitative estimate of drug-likeness (QED) is 0.0886. The first kappa shape index (κ1) is 37.3. The van der Waals surface area contributed by atoms with Crippen LogP contribution in [0.4, 0.5) is 58.4 Å². The van der Waals surface area contributed by atoms with E-state index in [2.05, 4.69) is 14.8 Å². The summed E-state index contributed by atoms with van der Waals surface area (Å²) in [4.78, 5) is 24.3. The lowest BCUT2D eigenvalue weighted by atomic mass is 10.2. The highest BCUT2D eigenvalue weighted by Gasteiger charge is 2.60. The van der Waals surface area contributed by atoms with Crippen LogP contribution in [0.5, 0.6) is 17.2 Å². The van der Waals surface area contributed by atoms with Crippen LogP contribution in [0.1, 0.15) is 11.1 Å². The third kappa shape index (κ3) is 11.0. The summed E-state index contributed by atoms with van der Waals surface area (Å²) < 4.78 is 165. The number of esters is 1. The number of carbonyl (C=O) groups is 2. The Morgan fingerprint density at radius 2 is 0.938 bits per heavy atom. The summed E-state index contributed by atoms with van der Waals surface area (Å²) in [5.41, 5.74) is 0.687. The van der Waals surface area contributed by atoms with E-state index in [9.17, 15) is 62.3 Å². The van der Waals surface area contributed by atoms with Gasteiger partial charge in [-0.1, -0.05) is 24.3 Å². The van der Waals surface area contributed by atoms with Gasteiger partial charge in [-0.2, -0.15) is 43.9 Å². The number of ether oxygens (including phenoxy) is 3. The lowest BCUT2D eigenvalue weighted by molar-refractivity contribution is -0.305. The SMILES string of the molecule is O=C(/C=C/c1ccc(OC(F)(F)[C@H](F)C(F)(F)F)cc1)Nc1ccc(OC(=O)/C=C/c2ccc(OC(F)(F)[C@@H](F)C(F)(F)F)cc2)cc1. The lowest BCUT2D eigenvalue weighted by Gasteiger charge is -2.23. The lowest BCUT2D eigenvalue weighted by Crippen LogP contribution is -2.45. The van der Waals surface area contributed by atoms with Gasteiger partial charge in [0, 0.05) is 17.8 Å². The van der Waals surface area contributed by atoms with Gasteiger partial charge in [0.05, 0.1) is 0 Å². The number of hydrogen-bond acceptors (Lipinski definition) is 5. The monoisotopic (exact) mass is 701 g/mol. The van der Waals surface area contributed by atoms with Crippen LogP contribution in [0.2, 0.25) is 0 Å².